The van der Waals surface area contributed by atoms with E-state index >= 15 is 0 Å². The minimum Gasteiger partial charge on any atom is -0.477 e. The van der Waals surface area contributed by atoms with Gasteiger partial charge < -0.3 is 9.15 Å². The monoisotopic (exact) mass is 401 g/mol. The van der Waals surface area contributed by atoms with Gasteiger partial charge in [-0.25, -0.2) is 4.98 Å². The van der Waals surface area contributed by atoms with Crippen LogP contribution in [-0.4, -0.2) is 27.7 Å². The lowest BCUT2D eigenvalue weighted by molar-refractivity contribution is -0.115. The van der Waals surface area contributed by atoms with E-state index in [1.54, 1.807) is 30.7 Å². The molecule has 0 bridgehead atoms. The maximum Gasteiger partial charge on any atom is 0.290 e. The molecule has 1 N–H and O–H groups in total. The van der Waals surface area contributed by atoms with Gasteiger partial charge in [0.2, 0.25) is 5.88 Å². The van der Waals surface area contributed by atoms with Gasteiger partial charge in [0.1, 0.15) is 16.4 Å². The number of nitrogens with one attached hydrogen (secondary N) is 1. The molecule has 0 spiro atoms. The normalized spacial score (nSPS) is 15.6. The molecule has 1 aliphatic heterocycles. The molecule has 1 fully saturated rings. The zero-order valence-electron chi connectivity index (χ0n) is 14.0. The van der Waals surface area contributed by atoms with Crippen LogP contribution in [0.5, 0.6) is 5.88 Å². The first kappa shape index (κ1) is 17.6. The summed E-state index contributed by atoms with van der Waals surface area (Å²) in [7, 11) is 0. The number of thioether (sulfide) groups is 1. The Kier molecular flexibility index (Phi) is 4.59. The molecule has 2 amide bonds. The summed E-state index contributed by atoms with van der Waals surface area (Å²) < 4.78 is 11.2. The zero-order chi connectivity index (χ0) is 19.0. The van der Waals surface area contributed by atoms with Crippen molar-refractivity contribution in [1.82, 2.24) is 15.3 Å². The van der Waals surface area contributed by atoms with Crippen LogP contribution in [0.2, 0.25) is 5.02 Å². The van der Waals surface area contributed by atoms with Crippen LogP contribution >= 0.6 is 23.4 Å². The number of imide groups is 1. The number of aromatic nitrogens is 2. The number of ether oxygens (including phenoxy) is 1. The van der Waals surface area contributed by atoms with Crippen LogP contribution in [0.25, 0.3) is 28.2 Å². The Morgan fingerprint density at radius 1 is 1.30 bits per heavy atom. The van der Waals surface area contributed by atoms with Gasteiger partial charge in [-0.05, 0) is 30.8 Å². The third kappa shape index (κ3) is 3.41. The molecule has 136 valence electrons. The van der Waals surface area contributed by atoms with E-state index in [1.165, 1.54) is 6.08 Å². The van der Waals surface area contributed by atoms with E-state index in [9.17, 15) is 9.59 Å². The van der Waals surface area contributed by atoms with Gasteiger partial charge in [0.05, 0.1) is 11.5 Å². The Balaban J connectivity index is 1.76. The molecule has 3 aromatic heterocycles. The Morgan fingerprint density at radius 3 is 2.85 bits per heavy atom. The second-order valence-corrected chi connectivity index (χ2v) is 6.97. The molecule has 3 aromatic rings. The van der Waals surface area contributed by atoms with Crippen LogP contribution in [0.15, 0.2) is 40.0 Å². The topological polar surface area (TPSA) is 94.3 Å². The predicted molar refractivity (Wildman–Crippen MR) is 103 cm³/mol. The van der Waals surface area contributed by atoms with Crippen molar-refractivity contribution in [2.45, 2.75) is 6.92 Å². The van der Waals surface area contributed by atoms with Crippen LogP contribution in [0, 0.1) is 0 Å². The maximum absolute atomic E-state index is 11.7. The third-order valence-corrected chi connectivity index (χ3v) is 4.84. The molecular weight excluding hydrogens is 390 g/mol. The zero-order valence-corrected chi connectivity index (χ0v) is 15.6. The van der Waals surface area contributed by atoms with Gasteiger partial charge in [0.15, 0.2) is 0 Å². The minimum atomic E-state index is -0.439. The van der Waals surface area contributed by atoms with E-state index in [2.05, 4.69) is 15.3 Å². The molecule has 0 aromatic carbocycles. The van der Waals surface area contributed by atoms with Crippen molar-refractivity contribution in [3.8, 4) is 17.0 Å². The molecule has 0 aliphatic carbocycles. The highest BCUT2D eigenvalue weighted by atomic mass is 35.5. The van der Waals surface area contributed by atoms with E-state index in [-0.39, 0.29) is 4.91 Å². The van der Waals surface area contributed by atoms with Gasteiger partial charge in [0, 0.05) is 41.2 Å². The highest BCUT2D eigenvalue weighted by Crippen LogP contribution is 2.34. The number of hydrogen-bond donors (Lipinski definition) is 1. The number of hydrogen-bond acceptors (Lipinski definition) is 7. The van der Waals surface area contributed by atoms with Crippen LogP contribution in [0.3, 0.4) is 0 Å². The fourth-order valence-corrected chi connectivity index (χ4v) is 3.51. The Morgan fingerprint density at radius 2 is 2.15 bits per heavy atom. The average molecular weight is 402 g/mol. The SMILES string of the molecule is CCOc1ncc(-c2cncc3cc(/C=C4/SC(=O)NC4=O)oc23)cc1Cl. The third-order valence-electron chi connectivity index (χ3n) is 3.76. The summed E-state index contributed by atoms with van der Waals surface area (Å²) in [5.74, 6) is 0.366. The average Bonchev–Trinajstić information content (AvgIpc) is 3.19. The summed E-state index contributed by atoms with van der Waals surface area (Å²) in [6.07, 6.45) is 6.46. The van der Waals surface area contributed by atoms with E-state index in [4.69, 9.17) is 20.8 Å². The van der Waals surface area contributed by atoms with E-state index < -0.39 is 11.1 Å². The summed E-state index contributed by atoms with van der Waals surface area (Å²) >= 11 is 7.06. The molecule has 27 heavy (non-hydrogen) atoms. The summed E-state index contributed by atoms with van der Waals surface area (Å²) in [5.41, 5.74) is 2.00. The molecule has 0 saturated carbocycles. The second kappa shape index (κ2) is 7.05. The van der Waals surface area contributed by atoms with Gasteiger partial charge in [-0.15, -0.1) is 0 Å². The Hall–Kier alpha value is -2.84. The largest absolute Gasteiger partial charge is 0.477 e. The van der Waals surface area contributed by atoms with Gasteiger partial charge >= 0.3 is 0 Å². The number of rotatable bonds is 4. The fraction of sp³-hybridized carbons (Fsp3) is 0.111. The molecule has 9 heteroatoms. The van der Waals surface area contributed by atoms with Crippen LogP contribution in [0.4, 0.5) is 4.79 Å². The van der Waals surface area contributed by atoms with Gasteiger partial charge in [-0.1, -0.05) is 11.6 Å². The first-order valence-corrected chi connectivity index (χ1v) is 9.15. The van der Waals surface area contributed by atoms with Crippen molar-refractivity contribution >= 4 is 51.6 Å². The lowest BCUT2D eigenvalue weighted by Crippen LogP contribution is -2.17. The lowest BCUT2D eigenvalue weighted by atomic mass is 10.1. The van der Waals surface area contributed by atoms with Crippen molar-refractivity contribution in [3.63, 3.8) is 0 Å². The van der Waals surface area contributed by atoms with Gasteiger partial charge in [-0.3, -0.25) is 19.9 Å². The van der Waals surface area contributed by atoms with E-state index in [0.717, 1.165) is 22.7 Å². The number of pyridine rings is 2. The molecular formula is C18H12ClN3O4S. The number of furan rings is 1. The molecule has 0 radical (unpaired) electrons. The van der Waals surface area contributed by atoms with E-state index in [0.29, 0.717) is 34.4 Å². The van der Waals surface area contributed by atoms with Crippen LogP contribution < -0.4 is 10.1 Å². The predicted octanol–water partition coefficient (Wildman–Crippen LogP) is 4.27. The molecule has 4 heterocycles. The highest BCUT2D eigenvalue weighted by molar-refractivity contribution is 8.18. The molecule has 0 unspecified atom stereocenters. The minimum absolute atomic E-state index is 0.277. The van der Waals surface area contributed by atoms with Crippen molar-refractivity contribution < 1.29 is 18.7 Å². The summed E-state index contributed by atoms with van der Waals surface area (Å²) in [6, 6.07) is 3.48. The summed E-state index contributed by atoms with van der Waals surface area (Å²) in [4.78, 5) is 31.7. The van der Waals surface area contributed by atoms with Crippen molar-refractivity contribution in [1.29, 1.82) is 0 Å². The smallest absolute Gasteiger partial charge is 0.290 e. The van der Waals surface area contributed by atoms with Crippen molar-refractivity contribution in [2.24, 2.45) is 0 Å². The summed E-state index contributed by atoms with van der Waals surface area (Å²) in [5, 5.41) is 2.94. The van der Waals surface area contributed by atoms with Crippen molar-refractivity contribution in [2.75, 3.05) is 6.61 Å². The first-order chi connectivity index (χ1) is 13.0. The Labute approximate surface area is 162 Å². The van der Waals surface area contributed by atoms with Gasteiger partial charge in [-0.2, -0.15) is 0 Å². The number of halogens is 1. The maximum atomic E-state index is 11.7. The Bertz CT molecular complexity index is 1110. The standard InChI is InChI=1S/C18H12ClN3O4S/c1-2-25-17-13(19)4-9(7-21-17)12-8-20-6-10-3-11(26-15(10)12)5-14-16(23)22-18(24)27-14/h3-8H,2H2,1H3,(H,22,23,24)/b14-5+. The lowest BCUT2D eigenvalue weighted by Gasteiger charge is -2.07. The quantitative estimate of drug-likeness (QED) is 0.652. The van der Waals surface area contributed by atoms with Crippen LogP contribution in [0.1, 0.15) is 12.7 Å². The number of carbonyl (C=O) groups is 2. The number of carbonyl (C=O) groups excluding carboxylic acids is 2. The van der Waals surface area contributed by atoms with Gasteiger partial charge in [0.25, 0.3) is 11.1 Å². The molecule has 1 saturated heterocycles. The number of nitrogens with zero attached hydrogens (tertiary/aromatic N) is 2. The first-order valence-electron chi connectivity index (χ1n) is 7.96. The fourth-order valence-electron chi connectivity index (χ4n) is 2.62. The number of fused-ring (bicyclic) bond motifs is 1. The van der Waals surface area contributed by atoms with Crippen LogP contribution in [-0.2, 0) is 4.79 Å². The highest BCUT2D eigenvalue weighted by Gasteiger charge is 2.25. The molecule has 4 rings (SSSR count). The second-order valence-electron chi connectivity index (χ2n) is 5.55. The molecule has 7 nitrogen and oxygen atoms in total. The summed E-state index contributed by atoms with van der Waals surface area (Å²) in [6.45, 7) is 2.32. The van der Waals surface area contributed by atoms with E-state index in [1.807, 2.05) is 6.92 Å². The molecule has 1 aliphatic rings. The number of amides is 2. The van der Waals surface area contributed by atoms with Crippen molar-refractivity contribution in [3.05, 3.63) is 46.4 Å². The molecule has 0 atom stereocenters.